The van der Waals surface area contributed by atoms with Crippen molar-refractivity contribution in [2.45, 2.75) is 19.6 Å². The quantitative estimate of drug-likeness (QED) is 0.892. The largest absolute Gasteiger partial charge is 0.478 e. The minimum atomic E-state index is -0.161. The van der Waals surface area contributed by atoms with Crippen molar-refractivity contribution in [3.05, 3.63) is 40.4 Å². The normalized spacial score (nSPS) is 18.3. The summed E-state index contributed by atoms with van der Waals surface area (Å²) in [5, 5.41) is 16.4. The van der Waals surface area contributed by atoms with Crippen LogP contribution in [0.5, 0.6) is 5.75 Å². The molecular formula is C16H18ClN5O2. The Kier molecular flexibility index (Phi) is 5.30. The molecule has 1 aromatic carbocycles. The molecule has 1 fully saturated rings. The maximum atomic E-state index is 8.71. The molecule has 0 bridgehead atoms. The molecule has 8 heteroatoms. The molecule has 0 aliphatic carbocycles. The van der Waals surface area contributed by atoms with Crippen LogP contribution in [-0.4, -0.2) is 46.4 Å². The maximum Gasteiger partial charge on any atom is 0.180 e. The zero-order valence-electron chi connectivity index (χ0n) is 13.3. The molecule has 1 atom stereocenters. The molecule has 2 heterocycles. The molecule has 1 saturated heterocycles. The Bertz CT molecular complexity index is 742. The molecule has 1 unspecified atom stereocenters. The van der Waals surface area contributed by atoms with Gasteiger partial charge >= 0.3 is 0 Å². The predicted octanol–water partition coefficient (Wildman–Crippen LogP) is 2.24. The summed E-state index contributed by atoms with van der Waals surface area (Å²) >= 11 is 6.11. The number of hydrogen-bond donors (Lipinski definition) is 1. The molecule has 1 aliphatic rings. The van der Waals surface area contributed by atoms with Gasteiger partial charge in [0.05, 0.1) is 6.61 Å². The van der Waals surface area contributed by atoms with E-state index in [1.165, 1.54) is 0 Å². The topological polar surface area (TPSA) is 87.1 Å². The van der Waals surface area contributed by atoms with Crippen LogP contribution in [-0.2, 0) is 11.3 Å². The molecule has 0 spiro atoms. The van der Waals surface area contributed by atoms with Crippen molar-refractivity contribution >= 4 is 11.6 Å². The average Bonchev–Trinajstić information content (AvgIpc) is 3.01. The second-order valence-corrected chi connectivity index (χ2v) is 6.01. The molecule has 126 valence electrons. The number of ether oxygens (including phenoxy) is 2. The van der Waals surface area contributed by atoms with E-state index >= 15 is 0 Å². The molecule has 24 heavy (non-hydrogen) atoms. The molecule has 0 radical (unpaired) electrons. The van der Waals surface area contributed by atoms with Gasteiger partial charge in [-0.05, 0) is 25.1 Å². The highest BCUT2D eigenvalue weighted by molar-refractivity contribution is 6.30. The van der Waals surface area contributed by atoms with Crippen molar-refractivity contribution < 1.29 is 9.47 Å². The standard InChI is InChI=1S/C16H18ClN5O2/c1-11-19-16(21-20-11)15-10-22(5-7-24-15)9-12-8-13(17)2-3-14(12)23-6-4-18/h2-3,8,15H,5-7,9-10H2,1H3,(H,19,20,21). The van der Waals surface area contributed by atoms with Gasteiger partial charge < -0.3 is 9.47 Å². The number of morpholine rings is 1. The van der Waals surface area contributed by atoms with Gasteiger partial charge in [0.15, 0.2) is 12.4 Å². The molecule has 3 rings (SSSR count). The SMILES string of the molecule is Cc1nc(C2CN(Cc3cc(Cl)ccc3OCC#N)CCO2)n[nH]1. The number of nitrogens with zero attached hydrogens (tertiary/aromatic N) is 4. The number of hydrogen-bond acceptors (Lipinski definition) is 6. The van der Waals surface area contributed by atoms with Crippen LogP contribution in [0.3, 0.4) is 0 Å². The molecule has 0 saturated carbocycles. The molecule has 2 aromatic rings. The third kappa shape index (κ3) is 4.03. The monoisotopic (exact) mass is 347 g/mol. The summed E-state index contributed by atoms with van der Waals surface area (Å²) in [5.74, 6) is 2.12. The van der Waals surface area contributed by atoms with Crippen LogP contribution in [0.1, 0.15) is 23.3 Å². The summed E-state index contributed by atoms with van der Waals surface area (Å²) < 4.78 is 11.3. The third-order valence-electron chi connectivity index (χ3n) is 3.76. The highest BCUT2D eigenvalue weighted by atomic mass is 35.5. The van der Waals surface area contributed by atoms with Gasteiger partial charge in [-0.3, -0.25) is 10.00 Å². The summed E-state index contributed by atoms with van der Waals surface area (Å²) in [5.41, 5.74) is 0.949. The lowest BCUT2D eigenvalue weighted by Crippen LogP contribution is -2.38. The number of halogens is 1. The lowest BCUT2D eigenvalue weighted by molar-refractivity contribution is -0.0372. The maximum absolute atomic E-state index is 8.71. The molecule has 1 aromatic heterocycles. The van der Waals surface area contributed by atoms with Crippen LogP contribution in [0.4, 0.5) is 0 Å². The number of H-pyrrole nitrogens is 1. The Morgan fingerprint density at radius 2 is 2.42 bits per heavy atom. The zero-order valence-corrected chi connectivity index (χ0v) is 14.1. The van der Waals surface area contributed by atoms with Gasteiger partial charge in [-0.25, -0.2) is 4.98 Å². The van der Waals surface area contributed by atoms with Crippen molar-refractivity contribution in [1.82, 2.24) is 20.1 Å². The van der Waals surface area contributed by atoms with Crippen LogP contribution in [0.25, 0.3) is 0 Å². The number of aryl methyl sites for hydroxylation is 1. The molecule has 1 N–H and O–H groups in total. The fourth-order valence-corrected chi connectivity index (χ4v) is 2.86. The van der Waals surface area contributed by atoms with Crippen LogP contribution < -0.4 is 4.74 Å². The number of nitriles is 1. The molecular weight excluding hydrogens is 330 g/mol. The van der Waals surface area contributed by atoms with Crippen LogP contribution in [0.15, 0.2) is 18.2 Å². The second-order valence-electron chi connectivity index (χ2n) is 5.57. The number of aromatic amines is 1. The Hall–Kier alpha value is -2.14. The van der Waals surface area contributed by atoms with Crippen molar-refractivity contribution in [3.8, 4) is 11.8 Å². The minimum Gasteiger partial charge on any atom is -0.478 e. The van der Waals surface area contributed by atoms with E-state index in [2.05, 4.69) is 20.1 Å². The highest BCUT2D eigenvalue weighted by Gasteiger charge is 2.25. The summed E-state index contributed by atoms with van der Waals surface area (Å²) in [6, 6.07) is 7.41. The average molecular weight is 348 g/mol. The zero-order chi connectivity index (χ0) is 16.9. The van der Waals surface area contributed by atoms with Gasteiger partial charge in [-0.2, -0.15) is 10.4 Å². The van der Waals surface area contributed by atoms with E-state index < -0.39 is 0 Å². The Balaban J connectivity index is 1.71. The van der Waals surface area contributed by atoms with E-state index in [0.29, 0.717) is 36.3 Å². The minimum absolute atomic E-state index is 0.0107. The molecule has 0 amide bonds. The first-order valence-electron chi connectivity index (χ1n) is 7.66. The van der Waals surface area contributed by atoms with Gasteiger partial charge in [0, 0.05) is 30.2 Å². The van der Waals surface area contributed by atoms with E-state index in [1.54, 1.807) is 12.1 Å². The van der Waals surface area contributed by atoms with Crippen LogP contribution >= 0.6 is 11.6 Å². The van der Waals surface area contributed by atoms with E-state index in [4.69, 9.17) is 26.3 Å². The fourth-order valence-electron chi connectivity index (χ4n) is 2.67. The van der Waals surface area contributed by atoms with E-state index in [-0.39, 0.29) is 12.7 Å². The van der Waals surface area contributed by atoms with Crippen molar-refractivity contribution in [1.29, 1.82) is 5.26 Å². The Morgan fingerprint density at radius 3 is 3.17 bits per heavy atom. The predicted molar refractivity (Wildman–Crippen MR) is 87.6 cm³/mol. The first-order chi connectivity index (χ1) is 11.7. The fraction of sp³-hybridized carbons (Fsp3) is 0.438. The first kappa shape index (κ1) is 16.7. The lowest BCUT2D eigenvalue weighted by atomic mass is 10.1. The number of aromatic nitrogens is 3. The summed E-state index contributed by atoms with van der Waals surface area (Å²) in [7, 11) is 0. The van der Waals surface area contributed by atoms with Crippen molar-refractivity contribution in [2.24, 2.45) is 0 Å². The van der Waals surface area contributed by atoms with Gasteiger partial charge in [-0.15, -0.1) is 0 Å². The van der Waals surface area contributed by atoms with Crippen molar-refractivity contribution in [2.75, 3.05) is 26.3 Å². The van der Waals surface area contributed by atoms with E-state index in [0.717, 1.165) is 17.9 Å². The third-order valence-corrected chi connectivity index (χ3v) is 4.00. The summed E-state index contributed by atoms with van der Waals surface area (Å²) in [4.78, 5) is 6.59. The van der Waals surface area contributed by atoms with Gasteiger partial charge in [0.1, 0.15) is 23.7 Å². The van der Waals surface area contributed by atoms with Gasteiger partial charge in [0.2, 0.25) is 0 Å². The highest BCUT2D eigenvalue weighted by Crippen LogP contribution is 2.27. The summed E-state index contributed by atoms with van der Waals surface area (Å²) in [6.07, 6.45) is -0.161. The van der Waals surface area contributed by atoms with Gasteiger partial charge in [-0.1, -0.05) is 11.6 Å². The summed E-state index contributed by atoms with van der Waals surface area (Å²) in [6.45, 7) is 4.61. The van der Waals surface area contributed by atoms with E-state index in [1.807, 2.05) is 19.1 Å². The number of nitrogens with one attached hydrogen (secondary N) is 1. The first-order valence-corrected chi connectivity index (χ1v) is 8.04. The number of rotatable bonds is 5. The van der Waals surface area contributed by atoms with Crippen molar-refractivity contribution in [3.63, 3.8) is 0 Å². The molecule has 1 aliphatic heterocycles. The second kappa shape index (κ2) is 7.62. The Labute approximate surface area is 145 Å². The molecule has 7 nitrogen and oxygen atoms in total. The van der Waals surface area contributed by atoms with Gasteiger partial charge in [0.25, 0.3) is 0 Å². The van der Waals surface area contributed by atoms with Crippen LogP contribution in [0, 0.1) is 18.3 Å². The number of benzene rings is 1. The Morgan fingerprint density at radius 1 is 1.54 bits per heavy atom. The lowest BCUT2D eigenvalue weighted by Gasteiger charge is -2.31. The van der Waals surface area contributed by atoms with E-state index in [9.17, 15) is 0 Å². The van der Waals surface area contributed by atoms with Crippen LogP contribution in [0.2, 0.25) is 5.02 Å². The smallest absolute Gasteiger partial charge is 0.180 e.